The Balaban J connectivity index is 1.31. The van der Waals surface area contributed by atoms with E-state index in [1.165, 1.54) is 0 Å². The van der Waals surface area contributed by atoms with Gasteiger partial charge in [-0.25, -0.2) is 4.99 Å². The van der Waals surface area contributed by atoms with Crippen LogP contribution in [0, 0.1) is 0 Å². The topological polar surface area (TPSA) is 77.9 Å². The lowest BCUT2D eigenvalue weighted by molar-refractivity contribution is -0.142. The van der Waals surface area contributed by atoms with Gasteiger partial charge in [-0.1, -0.05) is 48.0 Å². The summed E-state index contributed by atoms with van der Waals surface area (Å²) in [5.41, 5.74) is 3.86. The molecule has 0 spiro atoms. The number of aromatic nitrogens is 1. The number of hydrogen-bond donors (Lipinski definition) is 2. The Labute approximate surface area is 216 Å². The van der Waals surface area contributed by atoms with Gasteiger partial charge in [0.25, 0.3) is 5.91 Å². The number of benzene rings is 2. The van der Waals surface area contributed by atoms with E-state index in [9.17, 15) is 9.90 Å². The number of halogens is 1. The zero-order valence-corrected chi connectivity index (χ0v) is 21.1. The highest BCUT2D eigenvalue weighted by Crippen LogP contribution is 2.43. The van der Waals surface area contributed by atoms with E-state index in [2.05, 4.69) is 16.7 Å². The van der Waals surface area contributed by atoms with Crippen LogP contribution in [0.3, 0.4) is 0 Å². The van der Waals surface area contributed by atoms with Gasteiger partial charge >= 0.3 is 0 Å². The van der Waals surface area contributed by atoms with Gasteiger partial charge in [0.05, 0.1) is 5.60 Å². The fourth-order valence-corrected chi connectivity index (χ4v) is 5.57. The second-order valence-corrected chi connectivity index (χ2v) is 10.0. The van der Waals surface area contributed by atoms with Crippen molar-refractivity contribution in [3.05, 3.63) is 88.1 Å². The summed E-state index contributed by atoms with van der Waals surface area (Å²) < 4.78 is 6.30. The van der Waals surface area contributed by atoms with Crippen molar-refractivity contribution >= 4 is 35.6 Å². The van der Waals surface area contributed by atoms with Gasteiger partial charge in [0.1, 0.15) is 11.6 Å². The van der Waals surface area contributed by atoms with Gasteiger partial charge in [0.15, 0.2) is 6.10 Å². The standard InChI is InChI=1S/C29H30ClN3O3/c1-3-22(23-9-12-32-27(23)31-2)24-17-21(30)15-20-16-25(36-26(20)24)28(34)33-13-10-29(35,11-14-33)18-19-7-5-4-6-8-19/h3-9,12,15,17,25,32,35H,2,10-11,13-14,16,18H2,1H3/b22-3+. The molecule has 1 unspecified atom stereocenters. The average Bonchev–Trinajstić information content (AvgIpc) is 3.52. The van der Waals surface area contributed by atoms with E-state index < -0.39 is 11.7 Å². The predicted octanol–water partition coefficient (Wildman–Crippen LogP) is 5.35. The van der Waals surface area contributed by atoms with Gasteiger partial charge in [0, 0.05) is 53.8 Å². The zero-order valence-electron chi connectivity index (χ0n) is 20.3. The maximum atomic E-state index is 13.4. The van der Waals surface area contributed by atoms with Crippen LogP contribution in [0.4, 0.5) is 5.82 Å². The molecule has 1 atom stereocenters. The summed E-state index contributed by atoms with van der Waals surface area (Å²) in [4.78, 5) is 22.4. The highest BCUT2D eigenvalue weighted by Gasteiger charge is 2.39. The maximum absolute atomic E-state index is 13.4. The summed E-state index contributed by atoms with van der Waals surface area (Å²) in [5.74, 6) is 1.30. The van der Waals surface area contributed by atoms with Crippen LogP contribution in [0.15, 0.2) is 65.8 Å². The summed E-state index contributed by atoms with van der Waals surface area (Å²) in [5, 5.41) is 11.7. The van der Waals surface area contributed by atoms with Crippen LogP contribution in [-0.2, 0) is 17.6 Å². The molecule has 3 aromatic rings. The van der Waals surface area contributed by atoms with E-state index in [1.54, 1.807) is 0 Å². The van der Waals surface area contributed by atoms with E-state index in [0.29, 0.717) is 55.4 Å². The van der Waals surface area contributed by atoms with Gasteiger partial charge in [-0.05, 0) is 55.8 Å². The number of rotatable bonds is 6. The van der Waals surface area contributed by atoms with E-state index in [-0.39, 0.29) is 5.91 Å². The molecule has 1 saturated heterocycles. The number of amides is 1. The third-order valence-corrected chi connectivity index (χ3v) is 7.42. The molecule has 2 aliphatic heterocycles. The molecule has 2 N–H and O–H groups in total. The van der Waals surface area contributed by atoms with Crippen LogP contribution in [0.5, 0.6) is 5.75 Å². The Kier molecular flexibility index (Phi) is 6.73. The number of likely N-dealkylation sites (tertiary alicyclic amines) is 1. The first-order valence-electron chi connectivity index (χ1n) is 12.3. The Morgan fingerprint density at radius 2 is 2.00 bits per heavy atom. The Morgan fingerprint density at radius 3 is 2.69 bits per heavy atom. The third kappa shape index (κ3) is 4.71. The molecule has 36 heavy (non-hydrogen) atoms. The van der Waals surface area contributed by atoms with Crippen LogP contribution >= 0.6 is 11.6 Å². The maximum Gasteiger partial charge on any atom is 0.263 e. The molecule has 0 aliphatic carbocycles. The number of hydrogen-bond acceptors (Lipinski definition) is 4. The minimum absolute atomic E-state index is 0.0489. The van der Waals surface area contributed by atoms with Crippen LogP contribution in [0.25, 0.3) is 5.57 Å². The Bertz CT molecular complexity index is 1310. The largest absolute Gasteiger partial charge is 0.479 e. The lowest BCUT2D eigenvalue weighted by Crippen LogP contribution is -2.51. The molecular formula is C29H30ClN3O3. The number of aliphatic imine (C=N–C) groups is 1. The summed E-state index contributed by atoms with van der Waals surface area (Å²) in [7, 11) is 0. The van der Waals surface area contributed by atoms with E-state index >= 15 is 0 Å². The zero-order chi connectivity index (χ0) is 25.3. The number of piperidine rings is 1. The number of carbonyl (C=O) groups is 1. The molecule has 1 amide bonds. The highest BCUT2D eigenvalue weighted by atomic mass is 35.5. The van der Waals surface area contributed by atoms with Gasteiger partial charge in [-0.3, -0.25) is 4.79 Å². The number of nitrogens with zero attached hydrogens (tertiary/aromatic N) is 2. The molecule has 7 heteroatoms. The molecule has 6 nitrogen and oxygen atoms in total. The minimum atomic E-state index is -0.799. The molecule has 0 bridgehead atoms. The number of aromatic amines is 1. The highest BCUT2D eigenvalue weighted by molar-refractivity contribution is 6.31. The average molecular weight is 504 g/mol. The predicted molar refractivity (Wildman–Crippen MR) is 143 cm³/mol. The van der Waals surface area contributed by atoms with Crippen molar-refractivity contribution in [2.45, 2.75) is 44.3 Å². The van der Waals surface area contributed by atoms with Crippen molar-refractivity contribution in [3.8, 4) is 5.75 Å². The first-order valence-corrected chi connectivity index (χ1v) is 12.6. The first kappa shape index (κ1) is 24.3. The van der Waals surface area contributed by atoms with Crippen molar-refractivity contribution in [2.75, 3.05) is 13.1 Å². The molecule has 2 aliphatic rings. The molecule has 3 heterocycles. The summed E-state index contributed by atoms with van der Waals surface area (Å²) in [6.07, 6.45) is 5.32. The van der Waals surface area contributed by atoms with Crippen molar-refractivity contribution < 1.29 is 14.6 Å². The van der Waals surface area contributed by atoms with Crippen molar-refractivity contribution in [1.29, 1.82) is 0 Å². The molecule has 186 valence electrons. The number of fused-ring (bicyclic) bond motifs is 1. The summed E-state index contributed by atoms with van der Waals surface area (Å²) in [6, 6.07) is 15.7. The van der Waals surface area contributed by atoms with Gasteiger partial charge < -0.3 is 19.7 Å². The quantitative estimate of drug-likeness (QED) is 0.445. The van der Waals surface area contributed by atoms with Crippen LogP contribution < -0.4 is 4.74 Å². The SMILES string of the molecule is C=Nc1[nH]ccc1/C(=C\C)c1cc(Cl)cc2c1OC(C(=O)N1CCC(O)(Cc3ccccc3)CC1)C2. The van der Waals surface area contributed by atoms with E-state index in [0.717, 1.165) is 27.8 Å². The van der Waals surface area contributed by atoms with Crippen LogP contribution in [-0.4, -0.2) is 52.4 Å². The lowest BCUT2D eigenvalue weighted by Gasteiger charge is -2.39. The number of ether oxygens (including phenoxy) is 1. The summed E-state index contributed by atoms with van der Waals surface area (Å²) in [6.45, 7) is 6.61. The molecule has 1 fully saturated rings. The smallest absolute Gasteiger partial charge is 0.263 e. The number of aliphatic hydroxyl groups is 1. The van der Waals surface area contributed by atoms with E-state index in [4.69, 9.17) is 16.3 Å². The lowest BCUT2D eigenvalue weighted by atomic mass is 9.85. The van der Waals surface area contributed by atoms with Crippen LogP contribution in [0.2, 0.25) is 5.02 Å². The second-order valence-electron chi connectivity index (χ2n) is 9.56. The minimum Gasteiger partial charge on any atom is -0.479 e. The normalized spacial score (nSPS) is 19.0. The van der Waals surface area contributed by atoms with Crippen LogP contribution in [0.1, 0.15) is 42.0 Å². The molecule has 5 rings (SSSR count). The number of H-pyrrole nitrogens is 1. The number of nitrogens with one attached hydrogen (secondary N) is 1. The number of carbonyl (C=O) groups excluding carboxylic acids is 1. The van der Waals surface area contributed by atoms with Crippen molar-refractivity contribution in [2.24, 2.45) is 4.99 Å². The number of allylic oxidation sites excluding steroid dienone is 1. The fraction of sp³-hybridized carbons (Fsp3) is 0.310. The van der Waals surface area contributed by atoms with Crippen molar-refractivity contribution in [1.82, 2.24) is 9.88 Å². The van der Waals surface area contributed by atoms with E-state index in [1.807, 2.05) is 72.6 Å². The molecule has 1 aromatic heterocycles. The summed E-state index contributed by atoms with van der Waals surface area (Å²) >= 11 is 6.49. The van der Waals surface area contributed by atoms with Crippen molar-refractivity contribution in [3.63, 3.8) is 0 Å². The fourth-order valence-electron chi connectivity index (χ4n) is 5.33. The van der Waals surface area contributed by atoms with Gasteiger partial charge in [0.2, 0.25) is 0 Å². The molecular weight excluding hydrogens is 474 g/mol. The Hall–Kier alpha value is -3.35. The molecule has 0 saturated carbocycles. The monoisotopic (exact) mass is 503 g/mol. The van der Waals surface area contributed by atoms with Gasteiger partial charge in [-0.15, -0.1) is 0 Å². The second kappa shape index (κ2) is 9.96. The molecule has 2 aromatic carbocycles. The van der Waals surface area contributed by atoms with Gasteiger partial charge in [-0.2, -0.15) is 0 Å². The first-order chi connectivity index (χ1) is 17.4. The third-order valence-electron chi connectivity index (χ3n) is 7.21. The Morgan fingerprint density at radius 1 is 1.25 bits per heavy atom. The molecule has 0 radical (unpaired) electrons.